The molecule has 1 aliphatic rings. The Morgan fingerprint density at radius 1 is 0.967 bits per heavy atom. The highest BCUT2D eigenvalue weighted by Crippen LogP contribution is 2.17. The summed E-state index contributed by atoms with van der Waals surface area (Å²) in [5, 5.41) is 12.1. The maximum absolute atomic E-state index is 12.5. The zero-order valence-corrected chi connectivity index (χ0v) is 16.6. The quantitative estimate of drug-likeness (QED) is 0.574. The fourth-order valence-corrected chi connectivity index (χ4v) is 3.29. The van der Waals surface area contributed by atoms with Gasteiger partial charge >= 0.3 is 0 Å². The van der Waals surface area contributed by atoms with Gasteiger partial charge in [-0.25, -0.2) is 0 Å². The lowest BCUT2D eigenvalue weighted by molar-refractivity contribution is -0.133. The van der Waals surface area contributed by atoms with Crippen molar-refractivity contribution in [2.75, 3.05) is 37.7 Å². The molecule has 9 nitrogen and oxygen atoms in total. The van der Waals surface area contributed by atoms with Crippen LogP contribution in [-0.2, 0) is 4.79 Å². The van der Waals surface area contributed by atoms with E-state index in [0.29, 0.717) is 43.4 Å². The van der Waals surface area contributed by atoms with Gasteiger partial charge < -0.3 is 14.5 Å². The average molecular weight is 406 g/mol. The summed E-state index contributed by atoms with van der Waals surface area (Å²) >= 11 is 0. The number of rotatable bonds is 6. The van der Waals surface area contributed by atoms with Crippen LogP contribution in [0.3, 0.4) is 0 Å². The van der Waals surface area contributed by atoms with Crippen LogP contribution in [0, 0.1) is 0 Å². The van der Waals surface area contributed by atoms with Crippen molar-refractivity contribution < 1.29 is 14.3 Å². The van der Waals surface area contributed by atoms with E-state index in [-0.39, 0.29) is 18.3 Å². The van der Waals surface area contributed by atoms with Crippen molar-refractivity contribution in [3.8, 4) is 11.4 Å². The number of ether oxygens (including phenoxy) is 1. The zero-order valence-electron chi connectivity index (χ0n) is 16.6. The van der Waals surface area contributed by atoms with Gasteiger partial charge in [0.15, 0.2) is 12.4 Å². The third kappa shape index (κ3) is 4.29. The molecule has 0 radical (unpaired) electrons. The molecule has 154 valence electrons. The topological polar surface area (TPSA) is 93.5 Å². The second-order valence-corrected chi connectivity index (χ2v) is 6.96. The van der Waals surface area contributed by atoms with E-state index in [1.165, 1.54) is 6.92 Å². The van der Waals surface area contributed by atoms with Crippen molar-refractivity contribution in [2.24, 2.45) is 0 Å². The normalized spacial score (nSPS) is 13.9. The molecule has 0 atom stereocenters. The van der Waals surface area contributed by atoms with E-state index in [9.17, 15) is 9.59 Å². The lowest BCUT2D eigenvalue weighted by atomic mass is 10.1. The first kappa shape index (κ1) is 19.6. The van der Waals surface area contributed by atoms with Gasteiger partial charge in [0.05, 0.1) is 5.69 Å². The van der Waals surface area contributed by atoms with Gasteiger partial charge in [0, 0.05) is 31.7 Å². The number of carbonyl (C=O) groups excluding carboxylic acids is 2. The van der Waals surface area contributed by atoms with Gasteiger partial charge in [-0.05, 0) is 53.7 Å². The van der Waals surface area contributed by atoms with Gasteiger partial charge in [0.25, 0.3) is 5.91 Å². The smallest absolute Gasteiger partial charge is 0.260 e. The fraction of sp³-hybridized carbons (Fsp3) is 0.286. The number of carbonyl (C=O) groups is 2. The standard InChI is InChI=1S/C21H22N6O3/c1-16(28)17-7-9-19(10-8-17)30-15-20(29)25-11-13-26(14-12-25)21-22-23-24-27(21)18-5-3-2-4-6-18/h2-10H,11-15H2,1H3. The predicted octanol–water partition coefficient (Wildman–Crippen LogP) is 1.59. The van der Waals surface area contributed by atoms with Crippen LogP contribution in [0.5, 0.6) is 5.75 Å². The van der Waals surface area contributed by atoms with Crippen LogP contribution >= 0.6 is 0 Å². The number of para-hydroxylation sites is 1. The first-order valence-corrected chi connectivity index (χ1v) is 9.72. The third-order valence-corrected chi connectivity index (χ3v) is 4.99. The average Bonchev–Trinajstić information content (AvgIpc) is 3.28. The largest absolute Gasteiger partial charge is 0.484 e. The Morgan fingerprint density at radius 2 is 1.67 bits per heavy atom. The van der Waals surface area contributed by atoms with Crippen molar-refractivity contribution in [1.29, 1.82) is 0 Å². The number of aromatic nitrogens is 4. The summed E-state index contributed by atoms with van der Waals surface area (Å²) in [5.41, 5.74) is 1.50. The summed E-state index contributed by atoms with van der Waals surface area (Å²) < 4.78 is 7.28. The second-order valence-electron chi connectivity index (χ2n) is 6.96. The van der Waals surface area contributed by atoms with E-state index in [0.717, 1.165) is 5.69 Å². The van der Waals surface area contributed by atoms with E-state index in [1.54, 1.807) is 33.8 Å². The van der Waals surface area contributed by atoms with Crippen molar-refractivity contribution in [3.63, 3.8) is 0 Å². The number of benzene rings is 2. The Hall–Kier alpha value is -3.75. The van der Waals surface area contributed by atoms with Crippen LogP contribution < -0.4 is 9.64 Å². The molecule has 0 aliphatic carbocycles. The molecule has 2 aromatic carbocycles. The molecule has 1 fully saturated rings. The molecule has 1 aromatic heterocycles. The lowest BCUT2D eigenvalue weighted by Gasteiger charge is -2.34. The first-order chi connectivity index (χ1) is 14.6. The molecule has 1 aliphatic heterocycles. The van der Waals surface area contributed by atoms with Gasteiger partial charge in [0.2, 0.25) is 5.95 Å². The summed E-state index contributed by atoms with van der Waals surface area (Å²) in [5.74, 6) is 1.14. The van der Waals surface area contributed by atoms with Gasteiger partial charge in [-0.3, -0.25) is 9.59 Å². The highest BCUT2D eigenvalue weighted by molar-refractivity contribution is 5.94. The number of hydrogen-bond acceptors (Lipinski definition) is 7. The van der Waals surface area contributed by atoms with Crippen LogP contribution in [0.2, 0.25) is 0 Å². The summed E-state index contributed by atoms with van der Waals surface area (Å²) in [6, 6.07) is 16.5. The van der Waals surface area contributed by atoms with Crippen LogP contribution in [0.1, 0.15) is 17.3 Å². The van der Waals surface area contributed by atoms with E-state index in [2.05, 4.69) is 20.4 Å². The van der Waals surface area contributed by atoms with E-state index < -0.39 is 0 Å². The minimum atomic E-state index is -0.0760. The molecule has 1 amide bonds. The van der Waals surface area contributed by atoms with Gasteiger partial charge in [-0.1, -0.05) is 23.3 Å². The van der Waals surface area contributed by atoms with Crippen molar-refractivity contribution in [1.82, 2.24) is 25.1 Å². The van der Waals surface area contributed by atoms with Gasteiger partial charge in [-0.2, -0.15) is 4.68 Å². The Balaban J connectivity index is 1.31. The number of ketones is 1. The molecular formula is C21H22N6O3. The zero-order chi connectivity index (χ0) is 20.9. The van der Waals surface area contributed by atoms with Gasteiger partial charge in [-0.15, -0.1) is 0 Å². The first-order valence-electron chi connectivity index (χ1n) is 9.72. The molecule has 0 N–H and O–H groups in total. The molecule has 0 bridgehead atoms. The number of hydrogen-bond donors (Lipinski definition) is 0. The summed E-state index contributed by atoms with van der Waals surface area (Å²) in [6.07, 6.45) is 0. The van der Waals surface area contributed by atoms with Crippen LogP contribution in [0.4, 0.5) is 5.95 Å². The van der Waals surface area contributed by atoms with E-state index >= 15 is 0 Å². The van der Waals surface area contributed by atoms with Crippen molar-refractivity contribution >= 4 is 17.6 Å². The molecule has 30 heavy (non-hydrogen) atoms. The maximum Gasteiger partial charge on any atom is 0.260 e. The molecule has 0 unspecified atom stereocenters. The van der Waals surface area contributed by atoms with Crippen molar-refractivity contribution in [2.45, 2.75) is 6.92 Å². The fourth-order valence-electron chi connectivity index (χ4n) is 3.29. The molecule has 3 aromatic rings. The number of amides is 1. The SMILES string of the molecule is CC(=O)c1ccc(OCC(=O)N2CCN(c3nnnn3-c3ccccc3)CC2)cc1. The number of nitrogens with zero attached hydrogens (tertiary/aromatic N) is 6. The number of piperazine rings is 1. The molecule has 0 saturated carbocycles. The maximum atomic E-state index is 12.5. The lowest BCUT2D eigenvalue weighted by Crippen LogP contribution is -2.50. The summed E-state index contributed by atoms with van der Waals surface area (Å²) in [6.45, 7) is 3.86. The van der Waals surface area contributed by atoms with Crippen molar-refractivity contribution in [3.05, 3.63) is 60.2 Å². The van der Waals surface area contributed by atoms with Crippen LogP contribution in [-0.4, -0.2) is 69.6 Å². The number of tetrazole rings is 1. The molecular weight excluding hydrogens is 384 g/mol. The number of anilines is 1. The highest BCUT2D eigenvalue weighted by Gasteiger charge is 2.25. The van der Waals surface area contributed by atoms with Gasteiger partial charge in [0.1, 0.15) is 5.75 Å². The molecule has 2 heterocycles. The Kier molecular flexibility index (Phi) is 5.69. The van der Waals surface area contributed by atoms with E-state index in [1.807, 2.05) is 30.3 Å². The predicted molar refractivity (Wildman–Crippen MR) is 110 cm³/mol. The Labute approximate surface area is 173 Å². The monoisotopic (exact) mass is 406 g/mol. The molecule has 1 saturated heterocycles. The number of Topliss-reactive ketones (excluding diaryl/α,β-unsaturated/α-hetero) is 1. The minimum absolute atomic E-state index is 0.00575. The summed E-state index contributed by atoms with van der Waals surface area (Å²) in [4.78, 5) is 27.7. The van der Waals surface area contributed by atoms with E-state index in [4.69, 9.17) is 4.74 Å². The Morgan fingerprint density at radius 3 is 2.33 bits per heavy atom. The molecule has 9 heteroatoms. The Bertz CT molecular complexity index is 1010. The third-order valence-electron chi connectivity index (χ3n) is 4.99. The summed E-state index contributed by atoms with van der Waals surface area (Å²) in [7, 11) is 0. The second kappa shape index (κ2) is 8.73. The molecule has 0 spiro atoms. The minimum Gasteiger partial charge on any atom is -0.484 e. The van der Waals surface area contributed by atoms with Crippen LogP contribution in [0.15, 0.2) is 54.6 Å². The van der Waals surface area contributed by atoms with Crippen LogP contribution in [0.25, 0.3) is 5.69 Å². The highest BCUT2D eigenvalue weighted by atomic mass is 16.5. The molecule has 4 rings (SSSR count).